The van der Waals surface area contributed by atoms with Crippen LogP contribution in [0.25, 0.3) is 0 Å². The van der Waals surface area contributed by atoms with Gasteiger partial charge in [-0.2, -0.15) is 0 Å². The zero-order valence-electron chi connectivity index (χ0n) is 11.8. The fraction of sp³-hybridized carbons (Fsp3) is 0.188. The van der Waals surface area contributed by atoms with Gasteiger partial charge in [0.05, 0.1) is 17.7 Å². The second-order valence-electron chi connectivity index (χ2n) is 4.27. The Hall–Kier alpha value is -1.91. The number of halogens is 2. The summed E-state index contributed by atoms with van der Waals surface area (Å²) in [4.78, 5) is 11.0. The molecule has 0 atom stereocenters. The number of para-hydroxylation sites is 1. The molecule has 0 aliphatic rings. The summed E-state index contributed by atoms with van der Waals surface area (Å²) in [5, 5.41) is 1.00. The van der Waals surface area contributed by atoms with Crippen LogP contribution in [0, 0.1) is 0 Å². The molecule has 0 aliphatic carbocycles. The van der Waals surface area contributed by atoms with Crippen molar-refractivity contribution in [3.8, 4) is 17.2 Å². The van der Waals surface area contributed by atoms with Crippen molar-refractivity contribution >= 4 is 29.5 Å². The first kappa shape index (κ1) is 16.5. The average Bonchev–Trinajstić information content (AvgIpc) is 2.54. The molecular formula is C16H14Cl2O4. The first-order chi connectivity index (χ1) is 10.7. The number of hydrogen-bond acceptors (Lipinski definition) is 4. The highest BCUT2D eigenvalue weighted by molar-refractivity contribution is 6.34. The van der Waals surface area contributed by atoms with Crippen LogP contribution in [0.1, 0.15) is 10.4 Å². The van der Waals surface area contributed by atoms with Gasteiger partial charge < -0.3 is 14.2 Å². The van der Waals surface area contributed by atoms with Crippen LogP contribution in [0.2, 0.25) is 10.0 Å². The third-order valence-electron chi connectivity index (χ3n) is 2.84. The fourth-order valence-corrected chi connectivity index (χ4v) is 2.16. The summed E-state index contributed by atoms with van der Waals surface area (Å²) in [6.45, 7) is 0.473. The number of rotatable bonds is 7. The van der Waals surface area contributed by atoms with Gasteiger partial charge >= 0.3 is 0 Å². The highest BCUT2D eigenvalue weighted by Gasteiger charge is 2.10. The van der Waals surface area contributed by atoms with Crippen molar-refractivity contribution in [2.45, 2.75) is 0 Å². The summed E-state index contributed by atoms with van der Waals surface area (Å²) < 4.78 is 16.3. The van der Waals surface area contributed by atoms with Crippen molar-refractivity contribution < 1.29 is 19.0 Å². The standard InChI is InChI=1S/C16H14Cl2O4/c1-20-14-4-2-3-11(10-19)16(14)22-8-7-21-15-9-12(17)5-6-13(15)18/h2-6,9-10H,7-8H2,1H3. The van der Waals surface area contributed by atoms with Crippen LogP contribution in [-0.4, -0.2) is 26.6 Å². The lowest BCUT2D eigenvalue weighted by Gasteiger charge is -2.13. The third kappa shape index (κ3) is 4.06. The minimum absolute atomic E-state index is 0.226. The fourth-order valence-electron chi connectivity index (χ4n) is 1.82. The van der Waals surface area contributed by atoms with Crippen molar-refractivity contribution in [1.82, 2.24) is 0 Å². The number of methoxy groups -OCH3 is 1. The summed E-state index contributed by atoms with van der Waals surface area (Å²) >= 11 is 11.9. The van der Waals surface area contributed by atoms with Gasteiger partial charge in [0.2, 0.25) is 0 Å². The molecule has 0 heterocycles. The van der Waals surface area contributed by atoms with Gasteiger partial charge in [-0.25, -0.2) is 0 Å². The number of hydrogen-bond donors (Lipinski definition) is 0. The number of carbonyl (C=O) groups excluding carboxylic acids is 1. The number of aldehydes is 1. The van der Waals surface area contributed by atoms with E-state index in [0.717, 1.165) is 0 Å². The SMILES string of the molecule is COc1cccc(C=O)c1OCCOc1cc(Cl)ccc1Cl. The molecular weight excluding hydrogens is 327 g/mol. The van der Waals surface area contributed by atoms with E-state index < -0.39 is 0 Å². The minimum Gasteiger partial charge on any atom is -0.493 e. The Bertz CT molecular complexity index is 659. The van der Waals surface area contributed by atoms with Crippen molar-refractivity contribution in [1.29, 1.82) is 0 Å². The Labute approximate surface area is 138 Å². The Morgan fingerprint density at radius 2 is 1.82 bits per heavy atom. The van der Waals surface area contributed by atoms with E-state index in [1.165, 1.54) is 7.11 Å². The van der Waals surface area contributed by atoms with Crippen molar-refractivity contribution in [2.24, 2.45) is 0 Å². The lowest BCUT2D eigenvalue weighted by Crippen LogP contribution is -2.11. The molecule has 2 rings (SSSR count). The maximum Gasteiger partial charge on any atom is 0.171 e. The van der Waals surface area contributed by atoms with Crippen LogP contribution in [0.15, 0.2) is 36.4 Å². The lowest BCUT2D eigenvalue weighted by atomic mass is 10.2. The van der Waals surface area contributed by atoms with E-state index in [2.05, 4.69) is 0 Å². The van der Waals surface area contributed by atoms with E-state index in [1.807, 2.05) is 0 Å². The summed E-state index contributed by atoms with van der Waals surface area (Å²) in [7, 11) is 1.51. The van der Waals surface area contributed by atoms with Crippen LogP contribution in [0.5, 0.6) is 17.2 Å². The first-order valence-corrected chi connectivity index (χ1v) is 7.24. The molecule has 22 heavy (non-hydrogen) atoms. The molecule has 0 fully saturated rings. The van der Waals surface area contributed by atoms with Crippen LogP contribution in [-0.2, 0) is 0 Å². The van der Waals surface area contributed by atoms with Crippen LogP contribution < -0.4 is 14.2 Å². The quantitative estimate of drug-likeness (QED) is 0.557. The summed E-state index contributed by atoms with van der Waals surface area (Å²) in [5.74, 6) is 1.36. The van der Waals surface area contributed by atoms with E-state index >= 15 is 0 Å². The second-order valence-corrected chi connectivity index (χ2v) is 5.11. The predicted octanol–water partition coefficient (Wildman–Crippen LogP) is 4.27. The van der Waals surface area contributed by atoms with Gasteiger partial charge in [-0.15, -0.1) is 0 Å². The number of ether oxygens (including phenoxy) is 3. The van der Waals surface area contributed by atoms with Crippen molar-refractivity contribution in [3.63, 3.8) is 0 Å². The first-order valence-electron chi connectivity index (χ1n) is 6.48. The molecule has 0 bridgehead atoms. The lowest BCUT2D eigenvalue weighted by molar-refractivity contribution is 0.111. The molecule has 0 N–H and O–H groups in total. The maximum atomic E-state index is 11.0. The van der Waals surface area contributed by atoms with Gasteiger partial charge in [0, 0.05) is 11.1 Å². The number of benzene rings is 2. The van der Waals surface area contributed by atoms with E-state index in [0.29, 0.717) is 39.1 Å². The molecule has 6 heteroatoms. The van der Waals surface area contributed by atoms with Gasteiger partial charge in [-0.1, -0.05) is 29.3 Å². The van der Waals surface area contributed by atoms with Crippen LogP contribution in [0.4, 0.5) is 0 Å². The number of carbonyl (C=O) groups is 1. The molecule has 0 amide bonds. The van der Waals surface area contributed by atoms with E-state index in [1.54, 1.807) is 36.4 Å². The Morgan fingerprint density at radius 3 is 2.55 bits per heavy atom. The topological polar surface area (TPSA) is 44.8 Å². The molecule has 2 aromatic rings. The van der Waals surface area contributed by atoms with Crippen molar-refractivity contribution in [2.75, 3.05) is 20.3 Å². The largest absolute Gasteiger partial charge is 0.493 e. The van der Waals surface area contributed by atoms with Gasteiger partial charge in [-0.3, -0.25) is 4.79 Å². The predicted molar refractivity (Wildman–Crippen MR) is 85.8 cm³/mol. The second kappa shape index (κ2) is 7.92. The molecule has 116 valence electrons. The minimum atomic E-state index is 0.226. The van der Waals surface area contributed by atoms with E-state index in [9.17, 15) is 4.79 Å². The van der Waals surface area contributed by atoms with Crippen molar-refractivity contribution in [3.05, 3.63) is 52.0 Å². The van der Waals surface area contributed by atoms with Gasteiger partial charge in [-0.05, 0) is 24.3 Å². The highest BCUT2D eigenvalue weighted by atomic mass is 35.5. The zero-order chi connectivity index (χ0) is 15.9. The average molecular weight is 341 g/mol. The van der Waals surface area contributed by atoms with Gasteiger partial charge in [0.15, 0.2) is 17.8 Å². The summed E-state index contributed by atoms with van der Waals surface area (Å²) in [6.07, 6.45) is 0.715. The molecule has 4 nitrogen and oxygen atoms in total. The molecule has 0 aromatic heterocycles. The molecule has 0 aliphatic heterocycles. The van der Waals surface area contributed by atoms with E-state index in [-0.39, 0.29) is 13.2 Å². The Balaban J connectivity index is 1.97. The molecule has 0 saturated carbocycles. The van der Waals surface area contributed by atoms with Gasteiger partial charge in [0.1, 0.15) is 19.0 Å². The zero-order valence-corrected chi connectivity index (χ0v) is 13.4. The normalized spacial score (nSPS) is 10.1. The summed E-state index contributed by atoms with van der Waals surface area (Å²) in [6, 6.07) is 10.1. The van der Waals surface area contributed by atoms with Crippen LogP contribution in [0.3, 0.4) is 0 Å². The summed E-state index contributed by atoms with van der Waals surface area (Å²) in [5.41, 5.74) is 0.417. The smallest absolute Gasteiger partial charge is 0.171 e. The molecule has 2 aromatic carbocycles. The van der Waals surface area contributed by atoms with E-state index in [4.69, 9.17) is 37.4 Å². The Kier molecular flexibility index (Phi) is 5.92. The van der Waals surface area contributed by atoms with Gasteiger partial charge in [0.25, 0.3) is 0 Å². The monoisotopic (exact) mass is 340 g/mol. The highest BCUT2D eigenvalue weighted by Crippen LogP contribution is 2.30. The maximum absolute atomic E-state index is 11.0. The third-order valence-corrected chi connectivity index (χ3v) is 3.38. The molecule has 0 radical (unpaired) electrons. The molecule has 0 saturated heterocycles. The Morgan fingerprint density at radius 1 is 1.05 bits per heavy atom. The molecule has 0 spiro atoms. The van der Waals surface area contributed by atoms with Crippen LogP contribution >= 0.6 is 23.2 Å². The molecule has 0 unspecified atom stereocenters.